The van der Waals surface area contributed by atoms with E-state index in [1.807, 2.05) is 6.92 Å². The zero-order valence-electron chi connectivity index (χ0n) is 9.77. The summed E-state index contributed by atoms with van der Waals surface area (Å²) in [6, 6.07) is 5.36. The van der Waals surface area contributed by atoms with Gasteiger partial charge in [-0.05, 0) is 37.8 Å². The molecule has 0 aliphatic heterocycles. The zero-order valence-corrected chi connectivity index (χ0v) is 9.77. The molecule has 3 nitrogen and oxygen atoms in total. The number of phenolic OH excluding ortho intramolecular Hbond substituents is 2. The van der Waals surface area contributed by atoms with Crippen LogP contribution in [0.4, 0.5) is 0 Å². The lowest BCUT2D eigenvalue weighted by Crippen LogP contribution is -2.41. The summed E-state index contributed by atoms with van der Waals surface area (Å²) in [4.78, 5) is 0. The second-order valence-corrected chi connectivity index (χ2v) is 4.87. The summed E-state index contributed by atoms with van der Waals surface area (Å²) in [5.74, 6) is 1.11. The standard InChI is InChI=1S/C13H19NO2/c1-8-6-10(7-8)14-9(2)13-11(15)4-3-5-12(13)16/h3-5,8-10,14-16H,6-7H2,1-2H3. The Hall–Kier alpha value is -1.22. The summed E-state index contributed by atoms with van der Waals surface area (Å²) >= 11 is 0. The van der Waals surface area contributed by atoms with Gasteiger partial charge in [0.15, 0.2) is 0 Å². The maximum absolute atomic E-state index is 9.72. The summed E-state index contributed by atoms with van der Waals surface area (Å²) in [7, 11) is 0. The van der Waals surface area contributed by atoms with Crippen LogP contribution in [0, 0.1) is 5.92 Å². The third-order valence-corrected chi connectivity index (χ3v) is 3.35. The number of rotatable bonds is 3. The van der Waals surface area contributed by atoms with Crippen molar-refractivity contribution < 1.29 is 10.2 Å². The van der Waals surface area contributed by atoms with Crippen LogP contribution < -0.4 is 5.32 Å². The van der Waals surface area contributed by atoms with E-state index in [0.717, 1.165) is 5.92 Å². The van der Waals surface area contributed by atoms with Gasteiger partial charge in [0, 0.05) is 12.1 Å². The van der Waals surface area contributed by atoms with Crippen molar-refractivity contribution in [3.05, 3.63) is 23.8 Å². The first-order valence-electron chi connectivity index (χ1n) is 5.84. The Morgan fingerprint density at radius 1 is 1.25 bits per heavy atom. The predicted octanol–water partition coefficient (Wildman–Crippen LogP) is 2.55. The van der Waals surface area contributed by atoms with Gasteiger partial charge in [0.1, 0.15) is 11.5 Å². The highest BCUT2D eigenvalue weighted by atomic mass is 16.3. The third-order valence-electron chi connectivity index (χ3n) is 3.35. The van der Waals surface area contributed by atoms with E-state index < -0.39 is 0 Å². The maximum Gasteiger partial charge on any atom is 0.124 e. The van der Waals surface area contributed by atoms with Gasteiger partial charge in [-0.15, -0.1) is 0 Å². The first-order valence-corrected chi connectivity index (χ1v) is 5.84. The highest BCUT2D eigenvalue weighted by molar-refractivity contribution is 5.44. The van der Waals surface area contributed by atoms with E-state index in [4.69, 9.17) is 0 Å². The summed E-state index contributed by atoms with van der Waals surface area (Å²) < 4.78 is 0. The van der Waals surface area contributed by atoms with Gasteiger partial charge < -0.3 is 15.5 Å². The molecule has 1 saturated carbocycles. The Balaban J connectivity index is 2.05. The Kier molecular flexibility index (Phi) is 3.06. The van der Waals surface area contributed by atoms with Crippen LogP contribution in [0.5, 0.6) is 11.5 Å². The fraction of sp³-hybridized carbons (Fsp3) is 0.538. The van der Waals surface area contributed by atoms with Crippen LogP contribution in [0.15, 0.2) is 18.2 Å². The van der Waals surface area contributed by atoms with Crippen LogP contribution in [-0.2, 0) is 0 Å². The van der Waals surface area contributed by atoms with E-state index in [2.05, 4.69) is 12.2 Å². The van der Waals surface area contributed by atoms with Crippen molar-refractivity contribution in [2.75, 3.05) is 0 Å². The molecule has 1 aromatic rings. The third kappa shape index (κ3) is 2.14. The topological polar surface area (TPSA) is 52.5 Å². The number of aromatic hydroxyl groups is 2. The van der Waals surface area contributed by atoms with Gasteiger partial charge in [0.05, 0.1) is 5.56 Å². The minimum Gasteiger partial charge on any atom is -0.507 e. The molecule has 16 heavy (non-hydrogen) atoms. The highest BCUT2D eigenvalue weighted by Crippen LogP contribution is 2.35. The quantitative estimate of drug-likeness (QED) is 0.735. The molecule has 1 unspecified atom stereocenters. The zero-order chi connectivity index (χ0) is 11.7. The highest BCUT2D eigenvalue weighted by Gasteiger charge is 2.27. The molecule has 1 aliphatic rings. The van der Waals surface area contributed by atoms with Crippen molar-refractivity contribution in [3.8, 4) is 11.5 Å². The molecular formula is C13H19NO2. The second-order valence-electron chi connectivity index (χ2n) is 4.87. The van der Waals surface area contributed by atoms with Crippen LogP contribution in [0.3, 0.4) is 0 Å². The fourth-order valence-corrected chi connectivity index (χ4v) is 2.46. The molecule has 3 N–H and O–H groups in total. The van der Waals surface area contributed by atoms with Crippen LogP contribution in [0.2, 0.25) is 0 Å². The normalized spacial score (nSPS) is 26.1. The Morgan fingerprint density at radius 2 is 1.81 bits per heavy atom. The molecule has 1 atom stereocenters. The van der Waals surface area contributed by atoms with E-state index in [0.29, 0.717) is 11.6 Å². The fourth-order valence-electron chi connectivity index (χ4n) is 2.46. The molecule has 1 aliphatic carbocycles. The van der Waals surface area contributed by atoms with Crippen LogP contribution >= 0.6 is 0 Å². The number of nitrogens with one attached hydrogen (secondary N) is 1. The lowest BCUT2D eigenvalue weighted by atomic mass is 9.81. The lowest BCUT2D eigenvalue weighted by molar-refractivity contribution is 0.224. The molecule has 0 amide bonds. The molecule has 1 fully saturated rings. The van der Waals surface area contributed by atoms with Gasteiger partial charge >= 0.3 is 0 Å². The van der Waals surface area contributed by atoms with E-state index in [-0.39, 0.29) is 17.5 Å². The van der Waals surface area contributed by atoms with Crippen molar-refractivity contribution in [1.29, 1.82) is 0 Å². The van der Waals surface area contributed by atoms with E-state index >= 15 is 0 Å². The summed E-state index contributed by atoms with van der Waals surface area (Å²) in [5, 5.41) is 22.9. The van der Waals surface area contributed by atoms with E-state index in [1.165, 1.54) is 12.8 Å². The Labute approximate surface area is 96.1 Å². The SMILES string of the molecule is CC1CC(NC(C)c2c(O)cccc2O)C1. The van der Waals surface area contributed by atoms with Gasteiger partial charge in [-0.25, -0.2) is 0 Å². The molecule has 0 saturated heterocycles. The summed E-state index contributed by atoms with van der Waals surface area (Å²) in [5.41, 5.74) is 0.599. The monoisotopic (exact) mass is 221 g/mol. The summed E-state index contributed by atoms with van der Waals surface area (Å²) in [6.07, 6.45) is 2.36. The largest absolute Gasteiger partial charge is 0.507 e. The van der Waals surface area contributed by atoms with Gasteiger partial charge in [0.25, 0.3) is 0 Å². The molecule has 0 spiro atoms. The van der Waals surface area contributed by atoms with Crippen LogP contribution in [0.1, 0.15) is 38.3 Å². The van der Waals surface area contributed by atoms with Gasteiger partial charge in [0.2, 0.25) is 0 Å². The Bertz CT molecular complexity index is 352. The first kappa shape index (κ1) is 11.3. The molecule has 1 aromatic carbocycles. The number of hydrogen-bond acceptors (Lipinski definition) is 3. The van der Waals surface area contributed by atoms with Crippen LogP contribution in [-0.4, -0.2) is 16.3 Å². The average molecular weight is 221 g/mol. The van der Waals surface area contributed by atoms with Gasteiger partial charge in [-0.2, -0.15) is 0 Å². The average Bonchev–Trinajstić information content (AvgIpc) is 2.15. The first-order chi connectivity index (χ1) is 7.58. The number of hydrogen-bond donors (Lipinski definition) is 3. The molecule has 0 aromatic heterocycles. The molecular weight excluding hydrogens is 202 g/mol. The van der Waals surface area contributed by atoms with Crippen molar-refractivity contribution in [3.63, 3.8) is 0 Å². The van der Waals surface area contributed by atoms with Crippen LogP contribution in [0.25, 0.3) is 0 Å². The minimum absolute atomic E-state index is 0.0151. The van der Waals surface area contributed by atoms with E-state index in [9.17, 15) is 10.2 Å². The number of phenols is 2. The van der Waals surface area contributed by atoms with Crippen molar-refractivity contribution >= 4 is 0 Å². The van der Waals surface area contributed by atoms with Crippen molar-refractivity contribution in [1.82, 2.24) is 5.32 Å². The molecule has 3 heteroatoms. The van der Waals surface area contributed by atoms with Crippen molar-refractivity contribution in [2.24, 2.45) is 5.92 Å². The maximum atomic E-state index is 9.72. The lowest BCUT2D eigenvalue weighted by Gasteiger charge is -2.36. The molecule has 88 valence electrons. The van der Waals surface area contributed by atoms with E-state index in [1.54, 1.807) is 18.2 Å². The number of benzene rings is 1. The second kappa shape index (κ2) is 4.34. The summed E-state index contributed by atoms with van der Waals surface area (Å²) in [6.45, 7) is 4.21. The predicted molar refractivity (Wildman–Crippen MR) is 63.5 cm³/mol. The molecule has 0 radical (unpaired) electrons. The smallest absolute Gasteiger partial charge is 0.124 e. The molecule has 0 heterocycles. The molecule has 0 bridgehead atoms. The Morgan fingerprint density at radius 3 is 2.31 bits per heavy atom. The molecule has 2 rings (SSSR count). The van der Waals surface area contributed by atoms with Gasteiger partial charge in [-0.1, -0.05) is 13.0 Å². The van der Waals surface area contributed by atoms with Crippen molar-refractivity contribution in [2.45, 2.75) is 38.8 Å². The minimum atomic E-state index is -0.0151. The van der Waals surface area contributed by atoms with Gasteiger partial charge in [-0.3, -0.25) is 0 Å².